The monoisotopic (exact) mass is 306 g/mol. The van der Waals surface area contributed by atoms with E-state index in [1.54, 1.807) is 11.0 Å². The quantitative estimate of drug-likeness (QED) is 0.506. The molecule has 0 spiro atoms. The predicted molar refractivity (Wildman–Crippen MR) is 87.6 cm³/mol. The van der Waals surface area contributed by atoms with Gasteiger partial charge in [0.2, 0.25) is 5.91 Å². The van der Waals surface area contributed by atoms with Crippen molar-refractivity contribution in [1.82, 2.24) is 10.3 Å². The van der Waals surface area contributed by atoms with Gasteiger partial charge in [0, 0.05) is 12.2 Å². The van der Waals surface area contributed by atoms with Gasteiger partial charge in [0.25, 0.3) is 0 Å². The summed E-state index contributed by atoms with van der Waals surface area (Å²) in [6.45, 7) is 4.08. The van der Waals surface area contributed by atoms with Crippen LogP contribution >= 0.6 is 24.0 Å². The van der Waals surface area contributed by atoms with Crippen LogP contribution in [-0.4, -0.2) is 33.4 Å². The number of nitrogens with one attached hydrogen (secondary N) is 2. The molecule has 1 saturated heterocycles. The zero-order valence-corrected chi connectivity index (χ0v) is 12.3. The number of hydrogen-bond donors (Lipinski definition) is 2. The predicted octanol–water partition coefficient (Wildman–Crippen LogP) is 2.01. The molecule has 0 saturated carbocycles. The van der Waals surface area contributed by atoms with Gasteiger partial charge in [-0.2, -0.15) is 0 Å². The van der Waals surface area contributed by atoms with Crippen LogP contribution in [0.4, 0.5) is 5.69 Å². The summed E-state index contributed by atoms with van der Waals surface area (Å²) in [6, 6.07) is 9.55. The minimum atomic E-state index is 0.0254. The van der Waals surface area contributed by atoms with Gasteiger partial charge in [0.05, 0.1) is 5.75 Å². The number of amides is 1. The molecule has 1 aromatic carbocycles. The molecule has 0 aromatic heterocycles. The van der Waals surface area contributed by atoms with Crippen molar-refractivity contribution < 1.29 is 4.79 Å². The van der Waals surface area contributed by atoms with E-state index in [2.05, 4.69) is 22.4 Å². The van der Waals surface area contributed by atoms with Crippen LogP contribution in [0.15, 0.2) is 48.1 Å². The van der Waals surface area contributed by atoms with Crippen molar-refractivity contribution in [3.8, 4) is 0 Å². The van der Waals surface area contributed by atoms with Crippen LogP contribution in [0.1, 0.15) is 0 Å². The van der Waals surface area contributed by atoms with Gasteiger partial charge in [-0.15, -0.1) is 11.7 Å². The summed E-state index contributed by atoms with van der Waals surface area (Å²) in [5, 5.41) is 8.14. The Morgan fingerprint density at radius 1 is 1.50 bits per heavy atom. The minimum Gasteiger partial charge on any atom is -0.331 e. The number of rotatable bonds is 4. The lowest BCUT2D eigenvalue weighted by Gasteiger charge is -2.13. The van der Waals surface area contributed by atoms with E-state index in [9.17, 15) is 4.79 Å². The Balaban J connectivity index is 1.93. The first-order valence-corrected chi connectivity index (χ1v) is 7.34. The number of hydrogen-bond acceptors (Lipinski definition) is 4. The van der Waals surface area contributed by atoms with Gasteiger partial charge < -0.3 is 5.32 Å². The van der Waals surface area contributed by atoms with E-state index >= 15 is 0 Å². The second-order valence-electron chi connectivity index (χ2n) is 3.91. The van der Waals surface area contributed by atoms with Crippen molar-refractivity contribution in [2.75, 3.05) is 17.6 Å². The molecule has 2 rings (SSSR count). The number of nitrogens with zero attached hydrogens (tertiary/aromatic N) is 2. The molecule has 20 heavy (non-hydrogen) atoms. The number of para-hydroxylation sites is 1. The first-order chi connectivity index (χ1) is 9.70. The lowest BCUT2D eigenvalue weighted by atomic mass is 10.3. The molecule has 0 bridgehead atoms. The molecular formula is C13H14N4OS2. The molecule has 0 radical (unpaired) electrons. The molecule has 0 aliphatic carbocycles. The summed E-state index contributed by atoms with van der Waals surface area (Å²) in [7, 11) is 0. The number of benzene rings is 1. The highest BCUT2D eigenvalue weighted by molar-refractivity contribution is 8.15. The van der Waals surface area contributed by atoms with Crippen molar-refractivity contribution >= 4 is 45.9 Å². The average Bonchev–Trinajstić information content (AvgIpc) is 2.79. The third kappa shape index (κ3) is 3.82. The van der Waals surface area contributed by atoms with Crippen LogP contribution in [0.3, 0.4) is 0 Å². The molecule has 1 aromatic rings. The van der Waals surface area contributed by atoms with Gasteiger partial charge in [0.15, 0.2) is 10.3 Å². The summed E-state index contributed by atoms with van der Waals surface area (Å²) in [4.78, 5) is 13.2. The van der Waals surface area contributed by atoms with Crippen molar-refractivity contribution in [2.45, 2.75) is 0 Å². The van der Waals surface area contributed by atoms with Crippen molar-refractivity contribution in [3.05, 3.63) is 43.0 Å². The number of anilines is 1. The standard InChI is InChI=1S/C13H14N4OS2/c1-2-8-17-11(18)9-20-13(17)16-15-12(19)14-10-6-4-3-5-7-10/h2-7H,1,8-9H2,(H2,14,15,19)/b16-13+. The molecule has 1 amide bonds. The number of thioether (sulfide) groups is 1. The Hall–Kier alpha value is -1.86. The largest absolute Gasteiger partial charge is 0.331 e. The van der Waals surface area contributed by atoms with Crippen molar-refractivity contribution in [2.24, 2.45) is 5.10 Å². The van der Waals surface area contributed by atoms with Crippen LogP contribution in [0.5, 0.6) is 0 Å². The Morgan fingerprint density at radius 2 is 2.25 bits per heavy atom. The molecule has 1 aliphatic rings. The van der Waals surface area contributed by atoms with Gasteiger partial charge in [0.1, 0.15) is 0 Å². The van der Waals surface area contributed by atoms with E-state index in [-0.39, 0.29) is 5.91 Å². The Labute approximate surface area is 127 Å². The van der Waals surface area contributed by atoms with Crippen LogP contribution < -0.4 is 10.7 Å². The average molecular weight is 306 g/mol. The summed E-state index contributed by atoms with van der Waals surface area (Å²) in [6.07, 6.45) is 1.67. The van der Waals surface area contributed by atoms with Crippen molar-refractivity contribution in [3.63, 3.8) is 0 Å². The minimum absolute atomic E-state index is 0.0254. The van der Waals surface area contributed by atoms with E-state index in [0.29, 0.717) is 22.6 Å². The molecule has 2 N–H and O–H groups in total. The Bertz CT molecular complexity index is 545. The molecule has 7 heteroatoms. The number of amidine groups is 1. The first-order valence-electron chi connectivity index (χ1n) is 5.94. The first kappa shape index (κ1) is 14.5. The van der Waals surface area contributed by atoms with E-state index in [1.807, 2.05) is 30.3 Å². The summed E-state index contributed by atoms with van der Waals surface area (Å²) < 4.78 is 0. The normalized spacial score (nSPS) is 16.3. The second kappa shape index (κ2) is 7.06. The zero-order valence-electron chi connectivity index (χ0n) is 10.7. The smallest absolute Gasteiger partial charge is 0.239 e. The Kier molecular flexibility index (Phi) is 5.14. The molecule has 1 fully saturated rings. The maximum absolute atomic E-state index is 11.6. The summed E-state index contributed by atoms with van der Waals surface area (Å²) >= 11 is 6.52. The SMILES string of the molecule is C=CCN1C(=O)CS/C1=N/NC(=S)Nc1ccccc1. The van der Waals surface area contributed by atoms with Gasteiger partial charge in [-0.3, -0.25) is 15.1 Å². The van der Waals surface area contributed by atoms with Crippen LogP contribution in [0.2, 0.25) is 0 Å². The number of thiocarbonyl (C=S) groups is 1. The molecule has 0 atom stereocenters. The zero-order chi connectivity index (χ0) is 14.4. The number of hydrazone groups is 1. The highest BCUT2D eigenvalue weighted by atomic mass is 32.2. The van der Waals surface area contributed by atoms with Crippen molar-refractivity contribution in [1.29, 1.82) is 0 Å². The molecule has 1 aliphatic heterocycles. The second-order valence-corrected chi connectivity index (χ2v) is 5.26. The van der Waals surface area contributed by atoms with Crippen LogP contribution in [0, 0.1) is 0 Å². The van der Waals surface area contributed by atoms with Crippen LogP contribution in [0.25, 0.3) is 0 Å². The fourth-order valence-electron chi connectivity index (χ4n) is 1.57. The fourth-order valence-corrected chi connectivity index (χ4v) is 2.58. The lowest BCUT2D eigenvalue weighted by molar-refractivity contribution is -0.123. The third-order valence-electron chi connectivity index (χ3n) is 2.45. The van der Waals surface area contributed by atoms with E-state index in [4.69, 9.17) is 12.2 Å². The van der Waals surface area contributed by atoms with Gasteiger partial charge in [-0.05, 0) is 24.4 Å². The number of carbonyl (C=O) groups excluding carboxylic acids is 1. The summed E-state index contributed by atoms with van der Waals surface area (Å²) in [5.74, 6) is 0.421. The summed E-state index contributed by atoms with van der Waals surface area (Å²) in [5.41, 5.74) is 3.62. The van der Waals surface area contributed by atoms with Gasteiger partial charge >= 0.3 is 0 Å². The Morgan fingerprint density at radius 3 is 2.95 bits per heavy atom. The topological polar surface area (TPSA) is 56.7 Å². The van der Waals surface area contributed by atoms with Gasteiger partial charge in [-0.25, -0.2) is 0 Å². The molecule has 104 valence electrons. The fraction of sp³-hybridized carbons (Fsp3) is 0.154. The highest BCUT2D eigenvalue weighted by Gasteiger charge is 2.27. The van der Waals surface area contributed by atoms with Gasteiger partial charge in [-0.1, -0.05) is 36.0 Å². The lowest BCUT2D eigenvalue weighted by Crippen LogP contribution is -2.32. The maximum atomic E-state index is 11.6. The molecule has 1 heterocycles. The maximum Gasteiger partial charge on any atom is 0.239 e. The van der Waals surface area contributed by atoms with Crippen LogP contribution in [-0.2, 0) is 4.79 Å². The van der Waals surface area contributed by atoms with E-state index in [1.165, 1.54) is 11.8 Å². The molecular weight excluding hydrogens is 292 g/mol. The highest BCUT2D eigenvalue weighted by Crippen LogP contribution is 2.18. The molecule has 0 unspecified atom stereocenters. The van der Waals surface area contributed by atoms with E-state index < -0.39 is 0 Å². The number of carbonyl (C=O) groups is 1. The third-order valence-corrected chi connectivity index (χ3v) is 3.61. The molecule has 5 nitrogen and oxygen atoms in total. The van der Waals surface area contributed by atoms with E-state index in [0.717, 1.165) is 5.69 Å².